The fraction of sp³-hybridized carbons (Fsp3) is 0.480. The lowest BCUT2D eigenvalue weighted by Gasteiger charge is -2.28. The lowest BCUT2D eigenvalue weighted by molar-refractivity contribution is -0.134. The molecule has 156 valence electrons. The number of benzene rings is 2. The number of esters is 1. The van der Waals surface area contributed by atoms with E-state index in [9.17, 15) is 4.79 Å². The maximum atomic E-state index is 11.9. The Kier molecular flexibility index (Phi) is 8.57. The van der Waals surface area contributed by atoms with Gasteiger partial charge in [-0.1, -0.05) is 56.5 Å². The molecule has 0 bridgehead atoms. The first-order valence-electron chi connectivity index (χ1n) is 11.0. The zero-order chi connectivity index (χ0) is 20.3. The molecule has 2 unspecified atom stereocenters. The Labute approximate surface area is 174 Å². The minimum absolute atomic E-state index is 0.00533. The normalized spacial score (nSPS) is 17.5. The molecule has 0 aliphatic carbocycles. The van der Waals surface area contributed by atoms with Crippen molar-refractivity contribution in [2.24, 2.45) is 0 Å². The van der Waals surface area contributed by atoms with Crippen molar-refractivity contribution in [3.63, 3.8) is 0 Å². The second-order valence-electron chi connectivity index (χ2n) is 7.80. The number of carbonyl (C=O) groups is 1. The van der Waals surface area contributed by atoms with Gasteiger partial charge in [-0.2, -0.15) is 0 Å². The molecule has 4 nitrogen and oxygen atoms in total. The van der Waals surface area contributed by atoms with Crippen LogP contribution in [0.25, 0.3) is 0 Å². The van der Waals surface area contributed by atoms with Gasteiger partial charge in [0.2, 0.25) is 0 Å². The van der Waals surface area contributed by atoms with Crippen LogP contribution in [-0.4, -0.2) is 18.6 Å². The molecular weight excluding hydrogens is 362 g/mol. The molecule has 0 saturated carbocycles. The van der Waals surface area contributed by atoms with Crippen LogP contribution in [0.4, 0.5) is 0 Å². The fourth-order valence-electron chi connectivity index (χ4n) is 3.76. The Morgan fingerprint density at radius 1 is 1.03 bits per heavy atom. The van der Waals surface area contributed by atoms with E-state index in [2.05, 4.69) is 36.5 Å². The molecule has 3 rings (SSSR count). The van der Waals surface area contributed by atoms with Crippen molar-refractivity contribution in [2.45, 2.75) is 70.4 Å². The Bertz CT molecular complexity index is 723. The van der Waals surface area contributed by atoms with E-state index in [1.54, 1.807) is 0 Å². The van der Waals surface area contributed by atoms with E-state index in [-0.39, 0.29) is 12.1 Å². The molecule has 1 aliphatic rings. The van der Waals surface area contributed by atoms with E-state index in [0.717, 1.165) is 38.0 Å². The van der Waals surface area contributed by atoms with Crippen LogP contribution in [0, 0.1) is 0 Å². The summed E-state index contributed by atoms with van der Waals surface area (Å²) in [7, 11) is 0. The quantitative estimate of drug-likeness (QED) is 0.313. The number of rotatable bonds is 10. The SMILES string of the molecule is CCCCCC(=O)Oc1ccc(OC(CC2CCCCN2)c2ccccc2)cc1. The smallest absolute Gasteiger partial charge is 0.311 e. The van der Waals surface area contributed by atoms with Gasteiger partial charge in [-0.05, 0) is 55.6 Å². The van der Waals surface area contributed by atoms with E-state index in [4.69, 9.17) is 9.47 Å². The number of piperidine rings is 1. The molecule has 0 spiro atoms. The minimum Gasteiger partial charge on any atom is -0.486 e. The van der Waals surface area contributed by atoms with Crippen LogP contribution in [0.5, 0.6) is 11.5 Å². The van der Waals surface area contributed by atoms with Gasteiger partial charge in [0.05, 0.1) is 0 Å². The molecule has 0 amide bonds. The van der Waals surface area contributed by atoms with Gasteiger partial charge in [0.25, 0.3) is 0 Å². The average Bonchev–Trinajstić information content (AvgIpc) is 2.76. The summed E-state index contributed by atoms with van der Waals surface area (Å²) in [4.78, 5) is 11.9. The van der Waals surface area contributed by atoms with E-state index in [1.807, 2.05) is 30.3 Å². The van der Waals surface area contributed by atoms with E-state index >= 15 is 0 Å². The number of hydrogen-bond donors (Lipinski definition) is 1. The van der Waals surface area contributed by atoms with E-state index < -0.39 is 0 Å². The highest BCUT2D eigenvalue weighted by Crippen LogP contribution is 2.29. The second kappa shape index (κ2) is 11.6. The van der Waals surface area contributed by atoms with Crippen molar-refractivity contribution in [1.29, 1.82) is 0 Å². The first-order chi connectivity index (χ1) is 14.2. The number of nitrogens with one attached hydrogen (secondary N) is 1. The Balaban J connectivity index is 1.60. The fourth-order valence-corrected chi connectivity index (χ4v) is 3.76. The molecule has 4 heteroatoms. The van der Waals surface area contributed by atoms with Gasteiger partial charge in [-0.15, -0.1) is 0 Å². The van der Waals surface area contributed by atoms with Gasteiger partial charge >= 0.3 is 5.97 Å². The molecule has 1 saturated heterocycles. The van der Waals surface area contributed by atoms with Gasteiger partial charge in [0.15, 0.2) is 0 Å². The molecule has 1 aliphatic heterocycles. The summed E-state index contributed by atoms with van der Waals surface area (Å²) in [6.45, 7) is 3.21. The van der Waals surface area contributed by atoms with Gasteiger partial charge in [-0.3, -0.25) is 4.79 Å². The highest BCUT2D eigenvalue weighted by molar-refractivity contribution is 5.72. The molecule has 1 fully saturated rings. The summed E-state index contributed by atoms with van der Waals surface area (Å²) in [5.74, 6) is 1.20. The van der Waals surface area contributed by atoms with E-state index in [0.29, 0.717) is 18.2 Å². The largest absolute Gasteiger partial charge is 0.486 e. The van der Waals surface area contributed by atoms with Crippen molar-refractivity contribution < 1.29 is 14.3 Å². The molecule has 2 aromatic carbocycles. The van der Waals surface area contributed by atoms with Crippen molar-refractivity contribution in [2.75, 3.05) is 6.54 Å². The predicted molar refractivity (Wildman–Crippen MR) is 116 cm³/mol. The molecule has 2 atom stereocenters. The van der Waals surface area contributed by atoms with Gasteiger partial charge < -0.3 is 14.8 Å². The molecule has 29 heavy (non-hydrogen) atoms. The molecule has 0 radical (unpaired) electrons. The maximum absolute atomic E-state index is 11.9. The highest BCUT2D eigenvalue weighted by atomic mass is 16.5. The Hall–Kier alpha value is -2.33. The second-order valence-corrected chi connectivity index (χ2v) is 7.80. The summed E-state index contributed by atoms with van der Waals surface area (Å²) >= 11 is 0. The number of ether oxygens (including phenoxy) is 2. The van der Waals surface area contributed by atoms with Crippen LogP contribution in [0.15, 0.2) is 54.6 Å². The standard InChI is InChI=1S/C25H33NO3/c1-2-3-5-13-25(27)29-23-16-14-22(15-17-23)28-24(20-10-6-4-7-11-20)19-21-12-8-9-18-26-21/h4,6-7,10-11,14-17,21,24,26H,2-3,5,8-9,12-13,18-19H2,1H3. The van der Waals surface area contributed by atoms with Crippen LogP contribution in [-0.2, 0) is 4.79 Å². The summed E-state index contributed by atoms with van der Waals surface area (Å²) in [5, 5.41) is 3.62. The summed E-state index contributed by atoms with van der Waals surface area (Å²) < 4.78 is 11.8. The van der Waals surface area contributed by atoms with Crippen molar-refractivity contribution >= 4 is 5.97 Å². The minimum atomic E-state index is -0.169. The van der Waals surface area contributed by atoms with Gasteiger partial charge in [0.1, 0.15) is 17.6 Å². The molecule has 1 heterocycles. The van der Waals surface area contributed by atoms with Gasteiger partial charge in [-0.25, -0.2) is 0 Å². The molecule has 0 aromatic heterocycles. The molecule has 2 aromatic rings. The van der Waals surface area contributed by atoms with Gasteiger partial charge in [0, 0.05) is 18.9 Å². The van der Waals surface area contributed by atoms with Crippen molar-refractivity contribution in [3.8, 4) is 11.5 Å². The zero-order valence-electron chi connectivity index (χ0n) is 17.4. The van der Waals surface area contributed by atoms with Crippen molar-refractivity contribution in [3.05, 3.63) is 60.2 Å². The van der Waals surface area contributed by atoms with Crippen LogP contribution in [0.1, 0.15) is 70.0 Å². The molecular formula is C25H33NO3. The Morgan fingerprint density at radius 2 is 1.79 bits per heavy atom. The third kappa shape index (κ3) is 7.21. The number of unbranched alkanes of at least 4 members (excludes halogenated alkanes) is 2. The molecule has 1 N–H and O–H groups in total. The first-order valence-corrected chi connectivity index (χ1v) is 11.0. The highest BCUT2D eigenvalue weighted by Gasteiger charge is 2.21. The third-order valence-corrected chi connectivity index (χ3v) is 5.40. The summed E-state index contributed by atoms with van der Waals surface area (Å²) in [6, 6.07) is 18.3. The van der Waals surface area contributed by atoms with Crippen LogP contribution < -0.4 is 14.8 Å². The summed E-state index contributed by atoms with van der Waals surface area (Å²) in [6.07, 6.45) is 8.16. The average molecular weight is 396 g/mol. The Morgan fingerprint density at radius 3 is 2.48 bits per heavy atom. The third-order valence-electron chi connectivity index (χ3n) is 5.40. The number of carbonyl (C=O) groups excluding carboxylic acids is 1. The maximum Gasteiger partial charge on any atom is 0.311 e. The van der Waals surface area contributed by atoms with Crippen LogP contribution >= 0.6 is 0 Å². The zero-order valence-corrected chi connectivity index (χ0v) is 17.4. The van der Waals surface area contributed by atoms with Crippen LogP contribution in [0.3, 0.4) is 0 Å². The van der Waals surface area contributed by atoms with E-state index in [1.165, 1.54) is 24.8 Å². The van der Waals surface area contributed by atoms with Crippen LogP contribution in [0.2, 0.25) is 0 Å². The number of hydrogen-bond acceptors (Lipinski definition) is 4. The topological polar surface area (TPSA) is 47.6 Å². The monoisotopic (exact) mass is 395 g/mol. The predicted octanol–water partition coefficient (Wildman–Crippen LogP) is 5.82. The van der Waals surface area contributed by atoms with Crippen molar-refractivity contribution in [1.82, 2.24) is 5.32 Å². The lowest BCUT2D eigenvalue weighted by atomic mass is 9.96. The summed E-state index contributed by atoms with van der Waals surface area (Å²) in [5.41, 5.74) is 1.19. The first kappa shape index (κ1) is 21.4. The lowest BCUT2D eigenvalue weighted by Crippen LogP contribution is -2.36.